The molecule has 1 saturated heterocycles. The van der Waals surface area contributed by atoms with Crippen molar-refractivity contribution in [2.45, 2.75) is 12.5 Å². The van der Waals surface area contributed by atoms with Gasteiger partial charge in [0.25, 0.3) is 5.91 Å². The van der Waals surface area contributed by atoms with E-state index in [4.69, 9.17) is 13.7 Å². The van der Waals surface area contributed by atoms with Crippen molar-refractivity contribution in [1.29, 1.82) is 0 Å². The SMILES string of the molecule is O=C(c1cc(-c2ccco2)on1)N1CCC(Oc2cccnn2)C1. The Morgan fingerprint density at radius 1 is 1.29 bits per heavy atom. The first-order chi connectivity index (χ1) is 11.8. The molecule has 8 nitrogen and oxygen atoms in total. The molecule has 0 saturated carbocycles. The summed E-state index contributed by atoms with van der Waals surface area (Å²) in [7, 11) is 0. The Balaban J connectivity index is 1.41. The molecule has 0 spiro atoms. The second kappa shape index (κ2) is 6.15. The predicted molar refractivity (Wildman–Crippen MR) is 81.2 cm³/mol. The highest BCUT2D eigenvalue weighted by molar-refractivity contribution is 5.93. The van der Waals surface area contributed by atoms with Crippen LogP contribution in [0.3, 0.4) is 0 Å². The van der Waals surface area contributed by atoms with Crippen LogP contribution in [0.5, 0.6) is 5.88 Å². The highest BCUT2D eigenvalue weighted by Crippen LogP contribution is 2.23. The summed E-state index contributed by atoms with van der Waals surface area (Å²) in [6.07, 6.45) is 3.74. The summed E-state index contributed by atoms with van der Waals surface area (Å²) in [5, 5.41) is 11.5. The summed E-state index contributed by atoms with van der Waals surface area (Å²) in [6.45, 7) is 1.06. The molecule has 3 aromatic heterocycles. The molecule has 24 heavy (non-hydrogen) atoms. The van der Waals surface area contributed by atoms with Gasteiger partial charge in [0.15, 0.2) is 11.5 Å². The third-order valence-electron chi connectivity index (χ3n) is 3.76. The smallest absolute Gasteiger partial charge is 0.276 e. The second-order valence-electron chi connectivity index (χ2n) is 5.40. The summed E-state index contributed by atoms with van der Waals surface area (Å²) in [4.78, 5) is 14.2. The van der Waals surface area contributed by atoms with E-state index in [1.54, 1.807) is 41.4 Å². The Bertz CT molecular complexity index is 816. The minimum Gasteiger partial charge on any atom is -0.471 e. The lowest BCUT2D eigenvalue weighted by atomic mass is 10.3. The lowest BCUT2D eigenvalue weighted by molar-refractivity contribution is 0.0760. The van der Waals surface area contributed by atoms with Crippen LogP contribution >= 0.6 is 0 Å². The molecule has 8 heteroatoms. The fraction of sp³-hybridized carbons (Fsp3) is 0.250. The molecule has 0 bridgehead atoms. The van der Waals surface area contributed by atoms with Gasteiger partial charge in [0.1, 0.15) is 6.10 Å². The fourth-order valence-electron chi connectivity index (χ4n) is 2.60. The van der Waals surface area contributed by atoms with E-state index in [-0.39, 0.29) is 17.7 Å². The van der Waals surface area contributed by atoms with Gasteiger partial charge >= 0.3 is 0 Å². The van der Waals surface area contributed by atoms with Crippen molar-refractivity contribution in [3.05, 3.63) is 48.5 Å². The number of likely N-dealkylation sites (tertiary alicyclic amines) is 1. The zero-order valence-electron chi connectivity index (χ0n) is 12.7. The van der Waals surface area contributed by atoms with Crippen LogP contribution in [0, 0.1) is 0 Å². The normalized spacial score (nSPS) is 17.2. The van der Waals surface area contributed by atoms with Gasteiger partial charge in [0.2, 0.25) is 11.6 Å². The Morgan fingerprint density at radius 3 is 3.04 bits per heavy atom. The number of rotatable bonds is 4. The lowest BCUT2D eigenvalue weighted by Crippen LogP contribution is -2.31. The van der Waals surface area contributed by atoms with Gasteiger partial charge in [-0.15, -0.1) is 5.10 Å². The van der Waals surface area contributed by atoms with Crippen LogP contribution in [0.4, 0.5) is 0 Å². The molecule has 1 unspecified atom stereocenters. The topological polar surface area (TPSA) is 94.5 Å². The molecule has 4 rings (SSSR count). The van der Waals surface area contributed by atoms with E-state index in [0.717, 1.165) is 6.42 Å². The maximum Gasteiger partial charge on any atom is 0.276 e. The van der Waals surface area contributed by atoms with E-state index >= 15 is 0 Å². The maximum absolute atomic E-state index is 12.5. The molecule has 1 amide bonds. The van der Waals surface area contributed by atoms with E-state index in [1.807, 2.05) is 0 Å². The third-order valence-corrected chi connectivity index (χ3v) is 3.76. The van der Waals surface area contributed by atoms with Crippen LogP contribution < -0.4 is 4.74 Å². The number of carbonyl (C=O) groups excluding carboxylic acids is 1. The average Bonchev–Trinajstić information content (AvgIpc) is 3.36. The van der Waals surface area contributed by atoms with Gasteiger partial charge in [0.05, 0.1) is 12.8 Å². The first-order valence-corrected chi connectivity index (χ1v) is 7.54. The summed E-state index contributed by atoms with van der Waals surface area (Å²) in [6, 6.07) is 8.57. The van der Waals surface area contributed by atoms with E-state index in [1.165, 1.54) is 6.26 Å². The van der Waals surface area contributed by atoms with Crippen molar-refractivity contribution >= 4 is 5.91 Å². The first-order valence-electron chi connectivity index (χ1n) is 7.54. The Labute approximate surface area is 137 Å². The number of furan rings is 1. The van der Waals surface area contributed by atoms with Gasteiger partial charge in [-0.25, -0.2) is 0 Å². The quantitative estimate of drug-likeness (QED) is 0.724. The molecule has 1 atom stereocenters. The molecule has 0 N–H and O–H groups in total. The zero-order chi connectivity index (χ0) is 16.4. The number of hydrogen-bond acceptors (Lipinski definition) is 7. The monoisotopic (exact) mass is 326 g/mol. The number of ether oxygens (including phenoxy) is 1. The number of nitrogens with zero attached hydrogens (tertiary/aromatic N) is 4. The number of amides is 1. The van der Waals surface area contributed by atoms with Crippen molar-refractivity contribution in [2.75, 3.05) is 13.1 Å². The van der Waals surface area contributed by atoms with Crippen molar-refractivity contribution in [3.8, 4) is 17.4 Å². The van der Waals surface area contributed by atoms with Crippen molar-refractivity contribution < 1.29 is 18.5 Å². The highest BCUT2D eigenvalue weighted by Gasteiger charge is 2.30. The van der Waals surface area contributed by atoms with Crippen LogP contribution in [-0.4, -0.2) is 45.4 Å². The van der Waals surface area contributed by atoms with Crippen molar-refractivity contribution in [2.24, 2.45) is 0 Å². The van der Waals surface area contributed by atoms with Crippen molar-refractivity contribution in [1.82, 2.24) is 20.3 Å². The van der Waals surface area contributed by atoms with Crippen LogP contribution in [0.25, 0.3) is 11.5 Å². The Hall–Kier alpha value is -3.16. The van der Waals surface area contributed by atoms with Crippen LogP contribution in [-0.2, 0) is 0 Å². The number of aromatic nitrogens is 3. The molecular weight excluding hydrogens is 312 g/mol. The van der Waals surface area contributed by atoms with Crippen LogP contribution in [0.15, 0.2) is 51.7 Å². The van der Waals surface area contributed by atoms with Crippen LogP contribution in [0.1, 0.15) is 16.9 Å². The van der Waals surface area contributed by atoms with E-state index < -0.39 is 0 Å². The van der Waals surface area contributed by atoms with Crippen LogP contribution in [0.2, 0.25) is 0 Å². The zero-order valence-corrected chi connectivity index (χ0v) is 12.7. The van der Waals surface area contributed by atoms with Gasteiger partial charge in [-0.05, 0) is 18.2 Å². The van der Waals surface area contributed by atoms with Gasteiger partial charge < -0.3 is 18.6 Å². The van der Waals surface area contributed by atoms with E-state index in [2.05, 4.69) is 15.4 Å². The van der Waals surface area contributed by atoms with E-state index in [9.17, 15) is 4.79 Å². The van der Waals surface area contributed by atoms with Gasteiger partial charge in [-0.3, -0.25) is 4.79 Å². The number of hydrogen-bond donors (Lipinski definition) is 0. The Morgan fingerprint density at radius 2 is 2.25 bits per heavy atom. The molecular formula is C16H14N4O4. The van der Waals surface area contributed by atoms with E-state index in [0.29, 0.717) is 30.5 Å². The molecule has 3 aromatic rings. The summed E-state index contributed by atoms with van der Waals surface area (Å²) in [5.74, 6) is 1.22. The highest BCUT2D eigenvalue weighted by atomic mass is 16.5. The minimum atomic E-state index is -0.193. The molecule has 1 fully saturated rings. The largest absolute Gasteiger partial charge is 0.471 e. The minimum absolute atomic E-state index is 0.109. The molecule has 0 aliphatic carbocycles. The molecule has 0 radical (unpaired) electrons. The maximum atomic E-state index is 12.5. The Kier molecular flexibility index (Phi) is 3.70. The molecule has 1 aliphatic rings. The van der Waals surface area contributed by atoms with Gasteiger partial charge in [-0.1, -0.05) is 5.16 Å². The predicted octanol–water partition coefficient (Wildman–Crippen LogP) is 2.02. The first kappa shape index (κ1) is 14.4. The molecule has 122 valence electrons. The summed E-state index contributed by atoms with van der Waals surface area (Å²) < 4.78 is 16.1. The third kappa shape index (κ3) is 2.85. The molecule has 0 aromatic carbocycles. The average molecular weight is 326 g/mol. The molecule has 1 aliphatic heterocycles. The van der Waals surface area contributed by atoms with Gasteiger partial charge in [-0.2, -0.15) is 5.10 Å². The number of carbonyl (C=O) groups is 1. The molecule has 4 heterocycles. The van der Waals surface area contributed by atoms with Crippen molar-refractivity contribution in [3.63, 3.8) is 0 Å². The summed E-state index contributed by atoms with van der Waals surface area (Å²) >= 11 is 0. The lowest BCUT2D eigenvalue weighted by Gasteiger charge is -2.15. The summed E-state index contributed by atoms with van der Waals surface area (Å²) in [5.41, 5.74) is 0.251. The van der Waals surface area contributed by atoms with Gasteiger partial charge in [0, 0.05) is 31.3 Å². The fourth-order valence-corrected chi connectivity index (χ4v) is 2.60. The second-order valence-corrected chi connectivity index (χ2v) is 5.40. The standard InChI is InChI=1S/C16H14N4O4/c21-16(12-9-14(24-19-12)13-3-2-8-22-13)20-7-5-11(10-20)23-15-4-1-6-17-18-15/h1-4,6,8-9,11H,5,7,10H2.